The van der Waals surface area contributed by atoms with Crippen LogP contribution in [0.25, 0.3) is 0 Å². The number of allylic oxidation sites excluding steroid dienone is 26. The number of hydrogen-bond acceptors (Lipinski definition) is 6. The van der Waals surface area contributed by atoms with Crippen LogP contribution in [0.4, 0.5) is 0 Å². The lowest BCUT2D eigenvalue weighted by Gasteiger charge is -2.18. The second kappa shape index (κ2) is 55.6. The second-order valence-corrected chi connectivity index (χ2v) is 17.0. The molecule has 0 N–H and O–H groups in total. The fourth-order valence-corrected chi connectivity index (χ4v) is 6.53. The average molecular weight is 949 g/mol. The Kier molecular flexibility index (Phi) is 51.6. The van der Waals surface area contributed by atoms with Gasteiger partial charge in [-0.3, -0.25) is 14.4 Å². The maximum Gasteiger partial charge on any atom is 0.306 e. The summed E-state index contributed by atoms with van der Waals surface area (Å²) in [6, 6.07) is 0. The zero-order chi connectivity index (χ0) is 50.0. The lowest BCUT2D eigenvalue weighted by molar-refractivity contribution is -0.166. The van der Waals surface area contributed by atoms with Gasteiger partial charge in [-0.25, -0.2) is 0 Å². The van der Waals surface area contributed by atoms with Gasteiger partial charge in [0.2, 0.25) is 0 Å². The summed E-state index contributed by atoms with van der Waals surface area (Å²) < 4.78 is 16.7. The normalized spacial score (nSPS) is 13.4. The molecule has 0 unspecified atom stereocenters. The molecule has 0 saturated carbocycles. The Morgan fingerprint density at radius 3 is 1.01 bits per heavy atom. The third-order valence-corrected chi connectivity index (χ3v) is 10.5. The quantitative estimate of drug-likeness (QED) is 0.0262. The molecule has 0 bridgehead atoms. The molecule has 0 saturated heterocycles. The van der Waals surface area contributed by atoms with Gasteiger partial charge in [0.25, 0.3) is 0 Å². The van der Waals surface area contributed by atoms with Crippen LogP contribution in [0.5, 0.6) is 0 Å². The van der Waals surface area contributed by atoms with Crippen molar-refractivity contribution in [3.63, 3.8) is 0 Å². The Labute approximate surface area is 422 Å². The van der Waals surface area contributed by atoms with E-state index in [0.717, 1.165) is 96.3 Å². The molecule has 0 aromatic carbocycles. The van der Waals surface area contributed by atoms with Crippen molar-refractivity contribution >= 4 is 17.9 Å². The average Bonchev–Trinajstić information content (AvgIpc) is 3.35. The van der Waals surface area contributed by atoms with Gasteiger partial charge in [-0.05, 0) is 128 Å². The smallest absolute Gasteiger partial charge is 0.306 e. The molecule has 6 nitrogen and oxygen atoms in total. The van der Waals surface area contributed by atoms with E-state index in [1.807, 2.05) is 12.2 Å². The summed E-state index contributed by atoms with van der Waals surface area (Å²) in [5, 5.41) is 0. The molecule has 0 radical (unpaired) electrons. The minimum absolute atomic E-state index is 0.150. The third kappa shape index (κ3) is 53.8. The lowest BCUT2D eigenvalue weighted by Crippen LogP contribution is -2.30. The van der Waals surface area contributed by atoms with Crippen LogP contribution in [0.3, 0.4) is 0 Å². The zero-order valence-corrected chi connectivity index (χ0v) is 43.8. The van der Waals surface area contributed by atoms with Crippen LogP contribution in [0, 0.1) is 0 Å². The predicted octanol–water partition coefficient (Wildman–Crippen LogP) is 18.2. The van der Waals surface area contributed by atoms with Crippen LogP contribution >= 0.6 is 0 Å². The Balaban J connectivity index is 4.68. The molecule has 0 aromatic heterocycles. The number of carbonyl (C=O) groups is 3. The molecule has 0 aliphatic carbocycles. The first-order valence-corrected chi connectivity index (χ1v) is 27.0. The first kappa shape index (κ1) is 64.0. The second-order valence-electron chi connectivity index (χ2n) is 17.0. The Bertz CT molecular complexity index is 1610. The van der Waals surface area contributed by atoms with Crippen LogP contribution in [0.2, 0.25) is 0 Å². The van der Waals surface area contributed by atoms with Crippen molar-refractivity contribution in [2.45, 2.75) is 207 Å². The van der Waals surface area contributed by atoms with E-state index in [2.05, 4.69) is 167 Å². The van der Waals surface area contributed by atoms with Gasteiger partial charge in [0.1, 0.15) is 13.2 Å². The van der Waals surface area contributed by atoms with Gasteiger partial charge in [0.15, 0.2) is 6.10 Å². The SMILES string of the molecule is CC/C=C\C/C=C\C/C=C\C/C=C\C/C=C\C/C=C\CCC(=O)OC[C@H](COC(=O)CCCC/C=C\C/C=C\C/C=C\C/C=C\CC)OC(=O)CCC/C=C\C/C=C\C/C=C\CCCCCCCC. The summed E-state index contributed by atoms with van der Waals surface area (Å²) in [5.41, 5.74) is 0. The number of esters is 3. The fourth-order valence-electron chi connectivity index (χ4n) is 6.53. The molecule has 0 aromatic rings. The van der Waals surface area contributed by atoms with Crippen LogP contribution < -0.4 is 0 Å². The monoisotopic (exact) mass is 949 g/mol. The molecule has 1 atom stereocenters. The molecule has 0 amide bonds. The summed E-state index contributed by atoms with van der Waals surface area (Å²) >= 11 is 0. The van der Waals surface area contributed by atoms with Gasteiger partial charge >= 0.3 is 17.9 Å². The first-order valence-electron chi connectivity index (χ1n) is 27.0. The van der Waals surface area contributed by atoms with Crippen molar-refractivity contribution in [2.24, 2.45) is 0 Å². The van der Waals surface area contributed by atoms with Crippen LogP contribution in [-0.4, -0.2) is 37.2 Å². The summed E-state index contributed by atoms with van der Waals surface area (Å²) in [5.74, 6) is -1.14. The maximum atomic E-state index is 12.8. The van der Waals surface area contributed by atoms with Crippen molar-refractivity contribution in [2.75, 3.05) is 13.2 Å². The van der Waals surface area contributed by atoms with E-state index in [1.165, 1.54) is 44.9 Å². The van der Waals surface area contributed by atoms with Crippen molar-refractivity contribution in [3.8, 4) is 0 Å². The molecule has 0 heterocycles. The molecule has 0 fully saturated rings. The van der Waals surface area contributed by atoms with E-state index >= 15 is 0 Å². The van der Waals surface area contributed by atoms with Crippen LogP contribution in [0.1, 0.15) is 201 Å². The molecule has 0 aliphatic rings. The van der Waals surface area contributed by atoms with Gasteiger partial charge in [-0.2, -0.15) is 0 Å². The number of carbonyl (C=O) groups excluding carboxylic acids is 3. The molecular formula is C63H96O6. The Morgan fingerprint density at radius 2 is 0.609 bits per heavy atom. The van der Waals surface area contributed by atoms with Crippen molar-refractivity contribution in [3.05, 3.63) is 158 Å². The lowest BCUT2D eigenvalue weighted by atomic mass is 10.1. The van der Waals surface area contributed by atoms with Crippen molar-refractivity contribution in [1.29, 1.82) is 0 Å². The molecule has 0 spiro atoms. The Morgan fingerprint density at radius 1 is 0.304 bits per heavy atom. The van der Waals surface area contributed by atoms with E-state index in [9.17, 15) is 14.4 Å². The van der Waals surface area contributed by atoms with Gasteiger partial charge in [0.05, 0.1) is 0 Å². The van der Waals surface area contributed by atoms with E-state index < -0.39 is 12.1 Å². The summed E-state index contributed by atoms with van der Waals surface area (Å²) in [4.78, 5) is 38.0. The fraction of sp³-hybridized carbons (Fsp3) is 0.540. The van der Waals surface area contributed by atoms with Gasteiger partial charge in [0, 0.05) is 19.3 Å². The van der Waals surface area contributed by atoms with Gasteiger partial charge in [-0.15, -0.1) is 0 Å². The highest BCUT2D eigenvalue weighted by Crippen LogP contribution is 2.10. The largest absolute Gasteiger partial charge is 0.462 e. The highest BCUT2D eigenvalue weighted by atomic mass is 16.6. The molecule has 0 rings (SSSR count). The summed E-state index contributed by atoms with van der Waals surface area (Å²) in [7, 11) is 0. The number of hydrogen-bond donors (Lipinski definition) is 0. The number of ether oxygens (including phenoxy) is 3. The number of unbranched alkanes of at least 4 members (excludes halogenated alkanes) is 9. The van der Waals surface area contributed by atoms with Gasteiger partial charge < -0.3 is 14.2 Å². The minimum atomic E-state index is -0.860. The first-order chi connectivity index (χ1) is 34.0. The molecule has 6 heteroatoms. The minimum Gasteiger partial charge on any atom is -0.462 e. The van der Waals surface area contributed by atoms with Crippen molar-refractivity contribution < 1.29 is 28.6 Å². The van der Waals surface area contributed by atoms with Crippen LogP contribution in [0.15, 0.2) is 158 Å². The maximum absolute atomic E-state index is 12.8. The third-order valence-electron chi connectivity index (χ3n) is 10.5. The zero-order valence-electron chi connectivity index (χ0n) is 43.8. The molecule has 0 aliphatic heterocycles. The van der Waals surface area contributed by atoms with E-state index in [-0.39, 0.29) is 44.4 Å². The highest BCUT2D eigenvalue weighted by Gasteiger charge is 2.19. The number of rotatable bonds is 46. The van der Waals surface area contributed by atoms with Crippen molar-refractivity contribution in [1.82, 2.24) is 0 Å². The summed E-state index contributed by atoms with van der Waals surface area (Å²) in [6.45, 7) is 6.23. The summed E-state index contributed by atoms with van der Waals surface area (Å²) in [6.07, 6.45) is 81.1. The van der Waals surface area contributed by atoms with E-state index in [0.29, 0.717) is 19.3 Å². The predicted molar refractivity (Wildman–Crippen MR) is 297 cm³/mol. The Hall–Kier alpha value is -4.97. The molecule has 69 heavy (non-hydrogen) atoms. The molecule has 384 valence electrons. The van der Waals surface area contributed by atoms with Crippen LogP contribution in [-0.2, 0) is 28.6 Å². The van der Waals surface area contributed by atoms with E-state index in [1.54, 1.807) is 0 Å². The van der Waals surface area contributed by atoms with E-state index in [4.69, 9.17) is 14.2 Å². The topological polar surface area (TPSA) is 78.9 Å². The highest BCUT2D eigenvalue weighted by molar-refractivity contribution is 5.71. The molecular weight excluding hydrogens is 853 g/mol. The standard InChI is InChI=1S/C63H96O6/c1-4-7-10-13-16-19-22-25-28-30-31-33-35-38-41-44-47-50-53-56-62(65)68-59-60(58-67-61(64)55-52-49-46-43-40-37-34-27-24-21-18-15-12-9-6-3)69-63(66)57-54-51-48-45-42-39-36-32-29-26-23-20-17-14-11-8-5-2/h7,9-10,12,16,18-19,21,25-29,31,33-34,36,38-41,43,45,47-48,50,60H,4-6,8,11,13-15,17,20,22-24,30,32,35,37,42,44,46,49,51-59H2,1-3H3/b10-7-,12-9-,19-16-,21-18-,28-25-,29-26-,33-31-,34-27-,39-36-,41-38-,43-40-,48-45-,50-47-/t60-/m0/s1. The van der Waals surface area contributed by atoms with Gasteiger partial charge in [-0.1, -0.05) is 211 Å².